The molecule has 1 saturated carbocycles. The van der Waals surface area contributed by atoms with E-state index in [-0.39, 0.29) is 5.91 Å². The molecule has 1 aliphatic heterocycles. The summed E-state index contributed by atoms with van der Waals surface area (Å²) in [4.78, 5) is 19.2. The lowest BCUT2D eigenvalue weighted by atomic mass is 10.0. The van der Waals surface area contributed by atoms with Crippen LogP contribution in [0.15, 0.2) is 16.7 Å². The van der Waals surface area contributed by atoms with Crippen molar-refractivity contribution in [1.29, 1.82) is 0 Å². The Morgan fingerprint density at radius 3 is 2.81 bits per heavy atom. The van der Waals surface area contributed by atoms with E-state index < -0.39 is 0 Å². The van der Waals surface area contributed by atoms with Gasteiger partial charge in [-0.05, 0) is 53.1 Å². The average Bonchev–Trinajstić information content (AvgIpc) is 3.06. The van der Waals surface area contributed by atoms with Gasteiger partial charge in [0, 0.05) is 30.3 Å². The molecule has 1 aliphatic carbocycles. The predicted octanol–water partition coefficient (Wildman–Crippen LogP) is 3.54. The Kier molecular flexibility index (Phi) is 4.48. The summed E-state index contributed by atoms with van der Waals surface area (Å²) in [5.41, 5.74) is 0.692. The van der Waals surface area contributed by atoms with Crippen molar-refractivity contribution in [2.75, 3.05) is 25.0 Å². The first-order chi connectivity index (χ1) is 10.2. The molecular formula is C16H22BrN3O. The van der Waals surface area contributed by atoms with Crippen molar-refractivity contribution in [3.63, 3.8) is 0 Å². The number of anilines is 1. The molecule has 0 spiro atoms. The summed E-state index contributed by atoms with van der Waals surface area (Å²) in [6.07, 6.45) is 6.66. The summed E-state index contributed by atoms with van der Waals surface area (Å²) < 4.78 is 0.854. The van der Waals surface area contributed by atoms with Gasteiger partial charge < -0.3 is 10.2 Å². The zero-order valence-electron chi connectivity index (χ0n) is 12.4. The van der Waals surface area contributed by atoms with Crippen LogP contribution in [0.4, 0.5) is 5.82 Å². The summed E-state index contributed by atoms with van der Waals surface area (Å²) >= 11 is 3.43. The van der Waals surface area contributed by atoms with Crippen LogP contribution in [0.25, 0.3) is 0 Å². The average molecular weight is 352 g/mol. The molecule has 0 aromatic carbocycles. The number of aromatic nitrogens is 1. The van der Waals surface area contributed by atoms with Gasteiger partial charge in [0.05, 0.1) is 5.56 Å². The molecule has 2 heterocycles. The SMILES string of the molecule is CCCNc1ncc(Br)cc1C(=O)N1CC2CCCC2C1. The molecule has 1 saturated heterocycles. The largest absolute Gasteiger partial charge is 0.369 e. The van der Waals surface area contributed by atoms with Gasteiger partial charge in [-0.15, -0.1) is 0 Å². The first kappa shape index (κ1) is 14.8. The third-order valence-corrected chi connectivity index (χ3v) is 5.07. The molecule has 3 rings (SSSR count). The fraction of sp³-hybridized carbons (Fsp3) is 0.625. The van der Waals surface area contributed by atoms with Crippen molar-refractivity contribution in [3.05, 3.63) is 22.3 Å². The number of halogens is 1. The van der Waals surface area contributed by atoms with E-state index in [0.29, 0.717) is 11.4 Å². The number of rotatable bonds is 4. The van der Waals surface area contributed by atoms with Gasteiger partial charge in [-0.2, -0.15) is 0 Å². The molecule has 1 amide bonds. The molecule has 1 aromatic heterocycles. The van der Waals surface area contributed by atoms with Crippen molar-refractivity contribution >= 4 is 27.7 Å². The normalized spacial score (nSPS) is 24.2. The van der Waals surface area contributed by atoms with Gasteiger partial charge in [0.15, 0.2) is 0 Å². The van der Waals surface area contributed by atoms with Gasteiger partial charge in [0.25, 0.3) is 5.91 Å². The van der Waals surface area contributed by atoms with Crippen LogP contribution in [0.2, 0.25) is 0 Å². The highest BCUT2D eigenvalue weighted by atomic mass is 79.9. The maximum absolute atomic E-state index is 12.8. The lowest BCUT2D eigenvalue weighted by Gasteiger charge is -2.19. The number of carbonyl (C=O) groups is 1. The molecule has 114 valence electrons. The fourth-order valence-corrected chi connectivity index (χ4v) is 3.89. The molecule has 4 nitrogen and oxygen atoms in total. The minimum absolute atomic E-state index is 0.122. The lowest BCUT2D eigenvalue weighted by molar-refractivity contribution is 0.0781. The van der Waals surface area contributed by atoms with Crippen LogP contribution in [-0.4, -0.2) is 35.4 Å². The number of amides is 1. The van der Waals surface area contributed by atoms with Crippen LogP contribution in [0, 0.1) is 11.8 Å². The van der Waals surface area contributed by atoms with Gasteiger partial charge >= 0.3 is 0 Å². The van der Waals surface area contributed by atoms with E-state index in [1.165, 1.54) is 19.3 Å². The number of fused-ring (bicyclic) bond motifs is 1. The Labute approximate surface area is 134 Å². The van der Waals surface area contributed by atoms with Gasteiger partial charge in [0.2, 0.25) is 0 Å². The molecule has 0 radical (unpaired) electrons. The quantitative estimate of drug-likeness (QED) is 0.902. The molecule has 5 heteroatoms. The number of likely N-dealkylation sites (tertiary alicyclic amines) is 1. The standard InChI is InChI=1S/C16H22BrN3O/c1-2-6-18-15-14(7-13(17)8-19-15)16(21)20-9-11-4-3-5-12(11)10-20/h7-8,11-12H,2-6,9-10H2,1H3,(H,18,19). The zero-order chi connectivity index (χ0) is 14.8. The smallest absolute Gasteiger partial charge is 0.257 e. The topological polar surface area (TPSA) is 45.2 Å². The third-order valence-electron chi connectivity index (χ3n) is 4.64. The van der Waals surface area contributed by atoms with Crippen LogP contribution in [0.5, 0.6) is 0 Å². The van der Waals surface area contributed by atoms with E-state index in [0.717, 1.165) is 42.4 Å². The number of carbonyl (C=O) groups excluding carboxylic acids is 1. The highest BCUT2D eigenvalue weighted by molar-refractivity contribution is 9.10. The maximum Gasteiger partial charge on any atom is 0.257 e. The third kappa shape index (κ3) is 3.07. The number of nitrogens with one attached hydrogen (secondary N) is 1. The lowest BCUT2D eigenvalue weighted by Crippen LogP contribution is -2.30. The predicted molar refractivity (Wildman–Crippen MR) is 87.5 cm³/mol. The minimum Gasteiger partial charge on any atom is -0.369 e. The second kappa shape index (κ2) is 6.34. The molecule has 21 heavy (non-hydrogen) atoms. The van der Waals surface area contributed by atoms with E-state index in [2.05, 4.69) is 33.2 Å². The van der Waals surface area contributed by atoms with Crippen LogP contribution < -0.4 is 5.32 Å². The van der Waals surface area contributed by atoms with Crippen molar-refractivity contribution in [1.82, 2.24) is 9.88 Å². The summed E-state index contributed by atoms with van der Waals surface area (Å²) in [6.45, 7) is 4.78. The van der Waals surface area contributed by atoms with Gasteiger partial charge in [-0.3, -0.25) is 4.79 Å². The summed E-state index contributed by atoms with van der Waals surface area (Å²) in [5.74, 6) is 2.28. The first-order valence-electron chi connectivity index (χ1n) is 7.87. The zero-order valence-corrected chi connectivity index (χ0v) is 14.0. The second-order valence-corrected chi connectivity index (χ2v) is 7.05. The fourth-order valence-electron chi connectivity index (χ4n) is 3.56. The highest BCUT2D eigenvalue weighted by Gasteiger charge is 2.38. The summed E-state index contributed by atoms with van der Waals surface area (Å²) in [6, 6.07) is 1.89. The Bertz CT molecular complexity index is 522. The molecule has 1 N–H and O–H groups in total. The Hall–Kier alpha value is -1.10. The minimum atomic E-state index is 0.122. The summed E-state index contributed by atoms with van der Waals surface area (Å²) in [7, 11) is 0. The van der Waals surface area contributed by atoms with Crippen LogP contribution in [0.3, 0.4) is 0 Å². The second-order valence-electron chi connectivity index (χ2n) is 6.14. The van der Waals surface area contributed by atoms with E-state index in [4.69, 9.17) is 0 Å². The number of pyridine rings is 1. The first-order valence-corrected chi connectivity index (χ1v) is 8.67. The van der Waals surface area contributed by atoms with Crippen LogP contribution in [-0.2, 0) is 0 Å². The Balaban J connectivity index is 1.78. The Morgan fingerprint density at radius 2 is 2.14 bits per heavy atom. The van der Waals surface area contributed by atoms with Crippen molar-refractivity contribution in [3.8, 4) is 0 Å². The van der Waals surface area contributed by atoms with Gasteiger partial charge in [-0.1, -0.05) is 13.3 Å². The Morgan fingerprint density at radius 1 is 1.43 bits per heavy atom. The van der Waals surface area contributed by atoms with Gasteiger partial charge in [-0.25, -0.2) is 4.98 Å². The molecule has 2 unspecified atom stereocenters. The molecular weight excluding hydrogens is 330 g/mol. The van der Waals surface area contributed by atoms with E-state index in [1.54, 1.807) is 6.20 Å². The molecule has 2 fully saturated rings. The van der Waals surface area contributed by atoms with Crippen LogP contribution >= 0.6 is 15.9 Å². The van der Waals surface area contributed by atoms with Crippen molar-refractivity contribution in [2.24, 2.45) is 11.8 Å². The number of hydrogen-bond donors (Lipinski definition) is 1. The van der Waals surface area contributed by atoms with Gasteiger partial charge in [0.1, 0.15) is 5.82 Å². The monoisotopic (exact) mass is 351 g/mol. The number of nitrogens with zero attached hydrogens (tertiary/aromatic N) is 2. The van der Waals surface area contributed by atoms with Crippen LogP contribution in [0.1, 0.15) is 43.0 Å². The molecule has 1 aromatic rings. The van der Waals surface area contributed by atoms with E-state index in [1.807, 2.05) is 11.0 Å². The molecule has 0 bridgehead atoms. The molecule has 2 aliphatic rings. The maximum atomic E-state index is 12.8. The van der Waals surface area contributed by atoms with Crippen molar-refractivity contribution < 1.29 is 4.79 Å². The molecule has 2 atom stereocenters. The highest BCUT2D eigenvalue weighted by Crippen LogP contribution is 2.38. The van der Waals surface area contributed by atoms with E-state index in [9.17, 15) is 4.79 Å². The van der Waals surface area contributed by atoms with E-state index >= 15 is 0 Å². The number of hydrogen-bond acceptors (Lipinski definition) is 3. The summed E-state index contributed by atoms with van der Waals surface area (Å²) in [5, 5.41) is 3.27. The van der Waals surface area contributed by atoms with Crippen molar-refractivity contribution in [2.45, 2.75) is 32.6 Å².